The number of hydrogen-bond donors (Lipinski definition) is 1. The highest BCUT2D eigenvalue weighted by molar-refractivity contribution is 6.07. The monoisotopic (exact) mass is 406 g/mol. The maximum atomic E-state index is 13.1. The summed E-state index contributed by atoms with van der Waals surface area (Å²) in [4.78, 5) is 49.2. The number of amides is 1. The second kappa shape index (κ2) is 7.55. The van der Waals surface area contributed by atoms with Gasteiger partial charge in [0, 0.05) is 47.8 Å². The SMILES string of the molecule is O=C1CCCC2=C1[C@@H](c1ccc([N+](=O)[O-])cc1)CC(=O)N2c1cccc(C(=O)O)c1. The number of nitrogens with zero attached hydrogens (tertiary/aromatic N) is 2. The van der Waals surface area contributed by atoms with Gasteiger partial charge in [-0.3, -0.25) is 24.6 Å². The first-order valence-electron chi connectivity index (χ1n) is 9.53. The summed E-state index contributed by atoms with van der Waals surface area (Å²) < 4.78 is 0. The van der Waals surface area contributed by atoms with Crippen molar-refractivity contribution >= 4 is 29.0 Å². The molecule has 152 valence electrons. The van der Waals surface area contributed by atoms with Crippen LogP contribution in [0.25, 0.3) is 0 Å². The molecule has 1 heterocycles. The van der Waals surface area contributed by atoms with Crippen molar-refractivity contribution in [2.45, 2.75) is 31.6 Å². The van der Waals surface area contributed by atoms with Crippen molar-refractivity contribution < 1.29 is 24.4 Å². The van der Waals surface area contributed by atoms with Crippen molar-refractivity contribution in [1.82, 2.24) is 0 Å². The minimum atomic E-state index is -1.10. The van der Waals surface area contributed by atoms with Crippen LogP contribution < -0.4 is 4.90 Å². The zero-order chi connectivity index (χ0) is 21.4. The summed E-state index contributed by atoms with van der Waals surface area (Å²) in [7, 11) is 0. The van der Waals surface area contributed by atoms with Crippen molar-refractivity contribution in [3.05, 3.63) is 81.0 Å². The molecule has 0 aromatic heterocycles. The number of hydrogen-bond acceptors (Lipinski definition) is 5. The zero-order valence-corrected chi connectivity index (χ0v) is 15.9. The third-order valence-electron chi connectivity index (χ3n) is 5.53. The lowest BCUT2D eigenvalue weighted by Gasteiger charge is -2.38. The van der Waals surface area contributed by atoms with Crippen LogP contribution in [0.5, 0.6) is 0 Å². The molecule has 2 aromatic carbocycles. The first kappa shape index (κ1) is 19.5. The van der Waals surface area contributed by atoms with E-state index >= 15 is 0 Å². The highest BCUT2D eigenvalue weighted by atomic mass is 16.6. The molecule has 1 amide bonds. The van der Waals surface area contributed by atoms with E-state index in [9.17, 15) is 29.6 Å². The Morgan fingerprint density at radius 2 is 1.83 bits per heavy atom. The molecule has 0 fully saturated rings. The fraction of sp³-hybridized carbons (Fsp3) is 0.227. The Labute approximate surface area is 171 Å². The van der Waals surface area contributed by atoms with E-state index in [-0.39, 0.29) is 29.4 Å². The maximum Gasteiger partial charge on any atom is 0.335 e. The van der Waals surface area contributed by atoms with Crippen LogP contribution in [0.15, 0.2) is 59.8 Å². The molecule has 0 unspecified atom stereocenters. The normalized spacial score (nSPS) is 18.9. The molecular formula is C22H18N2O6. The number of non-ortho nitro benzene ring substituents is 1. The summed E-state index contributed by atoms with van der Waals surface area (Å²) in [6.07, 6.45) is 1.53. The highest BCUT2D eigenvalue weighted by Gasteiger charge is 2.39. The van der Waals surface area contributed by atoms with E-state index in [0.29, 0.717) is 41.8 Å². The standard InChI is InChI=1S/C22H18N2O6/c25-19-6-2-5-18-21(19)17(13-7-9-15(10-8-13)24(29)30)12-20(26)23(18)16-4-1-3-14(11-16)22(27)28/h1,3-4,7-11,17H,2,5-6,12H2,(H,27,28)/t17-/m1/s1. The van der Waals surface area contributed by atoms with Gasteiger partial charge in [-0.25, -0.2) is 4.79 Å². The lowest BCUT2D eigenvalue weighted by atomic mass is 9.77. The van der Waals surface area contributed by atoms with Crippen LogP contribution in [0.4, 0.5) is 11.4 Å². The van der Waals surface area contributed by atoms with E-state index in [2.05, 4.69) is 0 Å². The average Bonchev–Trinajstić information content (AvgIpc) is 2.73. The van der Waals surface area contributed by atoms with Gasteiger partial charge in [0.2, 0.25) is 5.91 Å². The number of ketones is 1. The largest absolute Gasteiger partial charge is 0.478 e. The number of carbonyl (C=O) groups is 3. The molecule has 1 N–H and O–H groups in total. The molecule has 1 atom stereocenters. The van der Waals surface area contributed by atoms with Crippen LogP contribution >= 0.6 is 0 Å². The Bertz CT molecular complexity index is 1100. The Balaban J connectivity index is 1.81. The van der Waals surface area contributed by atoms with Crippen molar-refractivity contribution in [2.24, 2.45) is 0 Å². The Hall–Kier alpha value is -3.81. The van der Waals surface area contributed by atoms with Gasteiger partial charge in [0.05, 0.1) is 10.5 Å². The molecule has 1 aliphatic heterocycles. The van der Waals surface area contributed by atoms with E-state index in [1.54, 1.807) is 24.3 Å². The van der Waals surface area contributed by atoms with Gasteiger partial charge in [-0.15, -0.1) is 0 Å². The quantitative estimate of drug-likeness (QED) is 0.609. The van der Waals surface area contributed by atoms with Crippen LogP contribution in [-0.2, 0) is 9.59 Å². The third kappa shape index (κ3) is 3.36. The summed E-state index contributed by atoms with van der Waals surface area (Å²) in [5.41, 5.74) is 2.22. The van der Waals surface area contributed by atoms with Gasteiger partial charge in [-0.2, -0.15) is 0 Å². The second-order valence-corrected chi connectivity index (χ2v) is 7.33. The minimum Gasteiger partial charge on any atom is -0.478 e. The predicted octanol–water partition coefficient (Wildman–Crippen LogP) is 3.82. The number of carboxylic acids is 1. The molecule has 8 heteroatoms. The van der Waals surface area contributed by atoms with Gasteiger partial charge in [0.1, 0.15) is 0 Å². The Kier molecular flexibility index (Phi) is 4.91. The molecule has 8 nitrogen and oxygen atoms in total. The van der Waals surface area contributed by atoms with E-state index in [0.717, 1.165) is 0 Å². The summed E-state index contributed by atoms with van der Waals surface area (Å²) in [6.45, 7) is 0. The van der Waals surface area contributed by atoms with Crippen LogP contribution in [0.1, 0.15) is 47.5 Å². The molecule has 1 aliphatic carbocycles. The average molecular weight is 406 g/mol. The molecule has 0 saturated carbocycles. The first-order chi connectivity index (χ1) is 14.4. The van der Waals surface area contributed by atoms with Crippen LogP contribution in [0.2, 0.25) is 0 Å². The first-order valence-corrected chi connectivity index (χ1v) is 9.53. The minimum absolute atomic E-state index is 0.0275. The van der Waals surface area contributed by atoms with Gasteiger partial charge >= 0.3 is 5.97 Å². The number of nitro benzene ring substituents is 1. The maximum absolute atomic E-state index is 13.1. The van der Waals surface area contributed by atoms with Crippen molar-refractivity contribution in [2.75, 3.05) is 4.90 Å². The summed E-state index contributed by atoms with van der Waals surface area (Å²) in [5, 5.41) is 20.2. The highest BCUT2D eigenvalue weighted by Crippen LogP contribution is 2.43. The smallest absolute Gasteiger partial charge is 0.335 e. The number of carboxylic acid groups (broad SMARTS) is 1. The van der Waals surface area contributed by atoms with Crippen molar-refractivity contribution in [3.8, 4) is 0 Å². The summed E-state index contributed by atoms with van der Waals surface area (Å²) in [5.74, 6) is -1.86. The number of rotatable bonds is 4. The van der Waals surface area contributed by atoms with Gasteiger partial charge in [0.25, 0.3) is 5.69 Å². The van der Waals surface area contributed by atoms with E-state index in [4.69, 9.17) is 0 Å². The van der Waals surface area contributed by atoms with Crippen LogP contribution in [0, 0.1) is 10.1 Å². The van der Waals surface area contributed by atoms with E-state index in [1.165, 1.54) is 29.2 Å². The third-order valence-corrected chi connectivity index (χ3v) is 5.53. The molecule has 0 saturated heterocycles. The Morgan fingerprint density at radius 3 is 2.50 bits per heavy atom. The van der Waals surface area contributed by atoms with Crippen molar-refractivity contribution in [3.63, 3.8) is 0 Å². The number of benzene rings is 2. The zero-order valence-electron chi connectivity index (χ0n) is 15.9. The number of Topliss-reactive ketones (excluding diaryl/α,β-unsaturated/α-hetero) is 1. The van der Waals surface area contributed by atoms with Crippen LogP contribution in [0.3, 0.4) is 0 Å². The molecule has 2 aliphatic rings. The lowest BCUT2D eigenvalue weighted by Crippen LogP contribution is -2.40. The summed E-state index contributed by atoms with van der Waals surface area (Å²) in [6, 6.07) is 12.0. The summed E-state index contributed by atoms with van der Waals surface area (Å²) >= 11 is 0. The topological polar surface area (TPSA) is 118 Å². The van der Waals surface area contributed by atoms with Gasteiger partial charge < -0.3 is 5.11 Å². The number of nitro groups is 1. The second-order valence-electron chi connectivity index (χ2n) is 7.33. The molecule has 0 radical (unpaired) electrons. The number of carbonyl (C=O) groups excluding carboxylic acids is 2. The molecule has 4 rings (SSSR count). The molecule has 30 heavy (non-hydrogen) atoms. The van der Waals surface area contributed by atoms with Gasteiger partial charge in [-0.1, -0.05) is 18.2 Å². The van der Waals surface area contributed by atoms with Gasteiger partial charge in [-0.05, 0) is 36.6 Å². The predicted molar refractivity (Wildman–Crippen MR) is 107 cm³/mol. The lowest BCUT2D eigenvalue weighted by molar-refractivity contribution is -0.384. The molecule has 2 aromatic rings. The van der Waals surface area contributed by atoms with Crippen molar-refractivity contribution in [1.29, 1.82) is 0 Å². The number of aromatic carboxylic acids is 1. The van der Waals surface area contributed by atoms with Gasteiger partial charge in [0.15, 0.2) is 5.78 Å². The van der Waals surface area contributed by atoms with E-state index < -0.39 is 16.8 Å². The molecule has 0 bridgehead atoms. The van der Waals surface area contributed by atoms with E-state index in [1.807, 2.05) is 0 Å². The molecule has 0 spiro atoms. The number of allylic oxidation sites excluding steroid dienone is 2. The van der Waals surface area contributed by atoms with Crippen LogP contribution in [-0.4, -0.2) is 27.7 Å². The molecular weight excluding hydrogens is 388 g/mol. The fourth-order valence-corrected chi connectivity index (χ4v) is 4.18. The Morgan fingerprint density at radius 1 is 1.10 bits per heavy atom. The fourth-order valence-electron chi connectivity index (χ4n) is 4.18. The number of anilines is 1.